The molecule has 1 aliphatic rings. The van der Waals surface area contributed by atoms with E-state index >= 15 is 0 Å². The van der Waals surface area contributed by atoms with E-state index in [-0.39, 0.29) is 18.5 Å². The van der Waals surface area contributed by atoms with Gasteiger partial charge in [-0.25, -0.2) is 4.98 Å². The fraction of sp³-hybridized carbons (Fsp3) is 0.400. The number of nitrogens with one attached hydrogen (secondary N) is 2. The van der Waals surface area contributed by atoms with E-state index in [1.807, 2.05) is 19.1 Å². The summed E-state index contributed by atoms with van der Waals surface area (Å²) in [5.74, 6) is -0.0164. The van der Waals surface area contributed by atoms with Crippen molar-refractivity contribution in [2.75, 3.05) is 31.5 Å². The van der Waals surface area contributed by atoms with Crippen LogP contribution < -0.4 is 10.6 Å². The molecule has 2 heterocycles. The van der Waals surface area contributed by atoms with Crippen LogP contribution in [0.15, 0.2) is 24.3 Å². The van der Waals surface area contributed by atoms with Crippen LogP contribution in [0.25, 0.3) is 11.3 Å². The lowest BCUT2D eigenvalue weighted by Crippen LogP contribution is -2.41. The summed E-state index contributed by atoms with van der Waals surface area (Å²) < 4.78 is 0. The molecule has 28 heavy (non-hydrogen) atoms. The van der Waals surface area contributed by atoms with Crippen molar-refractivity contribution < 1.29 is 4.79 Å². The smallest absolute Gasteiger partial charge is 0.237 e. The third-order valence-electron chi connectivity index (χ3n) is 4.66. The number of nitrogens with zero attached hydrogens (tertiary/aromatic N) is 4. The SMILES string of the molecule is Cc1sc(NCCNCC(=O)N2CCC[C@H]2C#N)nc1-c1ccc(C#N)cc1. The molecule has 7 nitrogen and oxygen atoms in total. The van der Waals surface area contributed by atoms with Crippen molar-refractivity contribution in [3.63, 3.8) is 0 Å². The number of likely N-dealkylation sites (tertiary alicyclic amines) is 1. The van der Waals surface area contributed by atoms with Gasteiger partial charge in [-0.3, -0.25) is 4.79 Å². The van der Waals surface area contributed by atoms with Gasteiger partial charge >= 0.3 is 0 Å². The zero-order chi connectivity index (χ0) is 19.9. The lowest BCUT2D eigenvalue weighted by Gasteiger charge is -2.19. The van der Waals surface area contributed by atoms with E-state index in [1.165, 1.54) is 0 Å². The second kappa shape index (κ2) is 9.32. The molecule has 1 amide bonds. The third kappa shape index (κ3) is 4.66. The lowest BCUT2D eigenvalue weighted by molar-refractivity contribution is -0.130. The first-order valence-corrected chi connectivity index (χ1v) is 10.1. The number of hydrogen-bond acceptors (Lipinski definition) is 7. The molecule has 0 radical (unpaired) electrons. The molecule has 0 saturated carbocycles. The molecule has 2 aromatic rings. The second-order valence-corrected chi connectivity index (χ2v) is 7.79. The number of aryl methyl sites for hydroxylation is 1. The molecule has 1 aliphatic heterocycles. The molecule has 1 aromatic heterocycles. The number of aromatic nitrogens is 1. The Labute approximate surface area is 168 Å². The summed E-state index contributed by atoms with van der Waals surface area (Å²) in [7, 11) is 0. The normalized spacial score (nSPS) is 15.8. The van der Waals surface area contributed by atoms with Crippen molar-refractivity contribution in [1.29, 1.82) is 10.5 Å². The van der Waals surface area contributed by atoms with Gasteiger partial charge in [0.15, 0.2) is 5.13 Å². The highest BCUT2D eigenvalue weighted by molar-refractivity contribution is 7.16. The van der Waals surface area contributed by atoms with E-state index < -0.39 is 0 Å². The molecule has 2 N–H and O–H groups in total. The van der Waals surface area contributed by atoms with Crippen LogP contribution in [0.2, 0.25) is 0 Å². The molecule has 8 heteroatoms. The molecule has 1 fully saturated rings. The van der Waals surface area contributed by atoms with Gasteiger partial charge in [0.25, 0.3) is 0 Å². The number of carbonyl (C=O) groups excluding carboxylic acids is 1. The van der Waals surface area contributed by atoms with Crippen molar-refractivity contribution >= 4 is 22.4 Å². The standard InChI is InChI=1S/C20H22N6OS/c1-14-19(16-6-4-15(11-21)5-7-16)25-20(28-14)24-9-8-23-13-18(27)26-10-2-3-17(26)12-22/h4-7,17,23H,2-3,8-10,13H2,1H3,(H,24,25)/t17-/m0/s1. The van der Waals surface area contributed by atoms with Gasteiger partial charge in [0.05, 0.1) is 29.9 Å². The molecule has 0 aliphatic carbocycles. The molecular formula is C20H22N6OS. The number of nitriles is 2. The Kier molecular flexibility index (Phi) is 6.59. The molecular weight excluding hydrogens is 372 g/mol. The zero-order valence-corrected chi connectivity index (χ0v) is 16.6. The average Bonchev–Trinajstić information content (AvgIpc) is 3.34. The predicted molar refractivity (Wildman–Crippen MR) is 109 cm³/mol. The number of amides is 1. The van der Waals surface area contributed by atoms with Crippen LogP contribution in [0.1, 0.15) is 23.3 Å². The quantitative estimate of drug-likeness (QED) is 0.699. The van der Waals surface area contributed by atoms with E-state index in [4.69, 9.17) is 10.5 Å². The molecule has 0 spiro atoms. The van der Waals surface area contributed by atoms with Crippen molar-refractivity contribution in [2.45, 2.75) is 25.8 Å². The third-order valence-corrected chi connectivity index (χ3v) is 5.59. The van der Waals surface area contributed by atoms with Crippen LogP contribution >= 0.6 is 11.3 Å². The minimum Gasteiger partial charge on any atom is -0.360 e. The van der Waals surface area contributed by atoms with E-state index in [0.717, 1.165) is 34.1 Å². The Morgan fingerprint density at radius 1 is 1.32 bits per heavy atom. The van der Waals surface area contributed by atoms with Crippen molar-refractivity contribution in [2.24, 2.45) is 0 Å². The average molecular weight is 395 g/mol. The largest absolute Gasteiger partial charge is 0.360 e. The van der Waals surface area contributed by atoms with Gasteiger partial charge in [0.2, 0.25) is 5.91 Å². The van der Waals surface area contributed by atoms with Crippen LogP contribution in [-0.4, -0.2) is 48.0 Å². The first kappa shape index (κ1) is 19.8. The van der Waals surface area contributed by atoms with Gasteiger partial charge in [-0.05, 0) is 31.9 Å². The number of rotatable bonds is 7. The van der Waals surface area contributed by atoms with Gasteiger partial charge in [-0.1, -0.05) is 12.1 Å². The minimum atomic E-state index is -0.272. The summed E-state index contributed by atoms with van der Waals surface area (Å²) in [6.07, 6.45) is 1.67. The molecule has 0 unspecified atom stereocenters. The number of hydrogen-bond donors (Lipinski definition) is 2. The molecule has 1 aromatic carbocycles. The summed E-state index contributed by atoms with van der Waals surface area (Å²) in [5.41, 5.74) is 2.53. The summed E-state index contributed by atoms with van der Waals surface area (Å²) in [6, 6.07) is 11.4. The van der Waals surface area contributed by atoms with Crippen LogP contribution in [0.4, 0.5) is 5.13 Å². The van der Waals surface area contributed by atoms with Crippen LogP contribution in [-0.2, 0) is 4.79 Å². The van der Waals surface area contributed by atoms with E-state index in [0.29, 0.717) is 25.2 Å². The molecule has 3 rings (SSSR count). The Bertz CT molecular complexity index is 908. The van der Waals surface area contributed by atoms with Crippen LogP contribution in [0.5, 0.6) is 0 Å². The fourth-order valence-corrected chi connectivity index (χ4v) is 4.06. The van der Waals surface area contributed by atoms with Crippen molar-refractivity contribution in [1.82, 2.24) is 15.2 Å². The Balaban J connectivity index is 1.45. The summed E-state index contributed by atoms with van der Waals surface area (Å²) >= 11 is 1.58. The van der Waals surface area contributed by atoms with Gasteiger partial charge in [0, 0.05) is 30.1 Å². The second-order valence-electron chi connectivity index (χ2n) is 6.59. The van der Waals surface area contributed by atoms with E-state index in [2.05, 4.69) is 27.8 Å². The molecule has 144 valence electrons. The van der Waals surface area contributed by atoms with E-state index in [9.17, 15) is 4.79 Å². The van der Waals surface area contributed by atoms with Crippen molar-refractivity contribution in [3.05, 3.63) is 34.7 Å². The van der Waals surface area contributed by atoms with Gasteiger partial charge < -0.3 is 15.5 Å². The fourth-order valence-electron chi connectivity index (χ4n) is 3.20. The summed E-state index contributed by atoms with van der Waals surface area (Å²) in [6.45, 7) is 4.21. The summed E-state index contributed by atoms with van der Waals surface area (Å²) in [4.78, 5) is 19.6. The molecule has 0 bridgehead atoms. The molecule has 1 atom stereocenters. The van der Waals surface area contributed by atoms with Crippen LogP contribution in [0, 0.1) is 29.6 Å². The first-order valence-electron chi connectivity index (χ1n) is 9.24. The summed E-state index contributed by atoms with van der Waals surface area (Å²) in [5, 5.41) is 25.2. The van der Waals surface area contributed by atoms with Gasteiger partial charge in [-0.2, -0.15) is 10.5 Å². The van der Waals surface area contributed by atoms with Gasteiger partial charge in [-0.15, -0.1) is 11.3 Å². The number of anilines is 1. The molecule has 1 saturated heterocycles. The highest BCUT2D eigenvalue weighted by Gasteiger charge is 2.27. The topological polar surface area (TPSA) is 105 Å². The maximum Gasteiger partial charge on any atom is 0.237 e. The Morgan fingerprint density at radius 2 is 2.11 bits per heavy atom. The predicted octanol–water partition coefficient (Wildman–Crippen LogP) is 2.51. The Hall–Kier alpha value is -2.94. The van der Waals surface area contributed by atoms with Gasteiger partial charge in [0.1, 0.15) is 6.04 Å². The monoisotopic (exact) mass is 394 g/mol. The highest BCUT2D eigenvalue weighted by atomic mass is 32.1. The maximum atomic E-state index is 12.2. The first-order chi connectivity index (χ1) is 13.6. The maximum absolute atomic E-state index is 12.2. The van der Waals surface area contributed by atoms with Crippen LogP contribution in [0.3, 0.4) is 0 Å². The highest BCUT2D eigenvalue weighted by Crippen LogP contribution is 2.30. The number of carbonyl (C=O) groups is 1. The zero-order valence-electron chi connectivity index (χ0n) is 15.7. The lowest BCUT2D eigenvalue weighted by atomic mass is 10.1. The minimum absolute atomic E-state index is 0.0164. The number of thiazole rings is 1. The van der Waals surface area contributed by atoms with E-state index in [1.54, 1.807) is 28.4 Å². The Morgan fingerprint density at radius 3 is 2.82 bits per heavy atom. The van der Waals surface area contributed by atoms with Crippen molar-refractivity contribution in [3.8, 4) is 23.4 Å². The number of benzene rings is 1.